The molecular weight excluding hydrogens is 374 g/mol. The fourth-order valence-corrected chi connectivity index (χ4v) is 4.04. The minimum absolute atomic E-state index is 0.0242. The van der Waals surface area contributed by atoms with Crippen LogP contribution in [0.1, 0.15) is 25.7 Å². The van der Waals surface area contributed by atoms with Gasteiger partial charge in [-0.05, 0) is 31.7 Å². The van der Waals surface area contributed by atoms with E-state index >= 15 is 0 Å². The Morgan fingerprint density at radius 3 is 2.79 bits per heavy atom. The molecule has 0 radical (unpaired) electrons. The Bertz CT molecular complexity index is 869. The zero-order valence-corrected chi connectivity index (χ0v) is 16.2. The molecule has 2 aliphatic heterocycles. The first-order chi connectivity index (χ1) is 14.1. The first-order valence-corrected chi connectivity index (χ1v) is 10.0. The van der Waals surface area contributed by atoms with Crippen LogP contribution in [0, 0.1) is 16.0 Å². The van der Waals surface area contributed by atoms with Gasteiger partial charge in [-0.3, -0.25) is 19.6 Å². The van der Waals surface area contributed by atoms with Crippen LogP contribution in [0.4, 0.5) is 17.1 Å². The highest BCUT2D eigenvalue weighted by Gasteiger charge is 2.28. The van der Waals surface area contributed by atoms with Crippen molar-refractivity contribution in [1.82, 2.24) is 9.78 Å². The van der Waals surface area contributed by atoms with Gasteiger partial charge in [0, 0.05) is 37.9 Å². The Kier molecular flexibility index (Phi) is 5.75. The van der Waals surface area contributed by atoms with Crippen molar-refractivity contribution >= 4 is 23.0 Å². The van der Waals surface area contributed by atoms with E-state index in [0.29, 0.717) is 43.9 Å². The van der Waals surface area contributed by atoms with E-state index in [2.05, 4.69) is 10.4 Å². The van der Waals surface area contributed by atoms with E-state index in [0.717, 1.165) is 19.4 Å². The molecule has 9 nitrogen and oxygen atoms in total. The summed E-state index contributed by atoms with van der Waals surface area (Å²) in [6.07, 6.45) is 7.13. The zero-order valence-electron chi connectivity index (χ0n) is 16.2. The number of nitro groups is 1. The Labute approximate surface area is 168 Å². The molecule has 2 aromatic rings. The fraction of sp³-hybridized carbons (Fsp3) is 0.500. The minimum atomic E-state index is -0.359. The Hall–Kier alpha value is -2.94. The van der Waals surface area contributed by atoms with Crippen LogP contribution in [0.3, 0.4) is 0 Å². The highest BCUT2D eigenvalue weighted by Crippen LogP contribution is 2.31. The van der Waals surface area contributed by atoms with Crippen LogP contribution in [0.2, 0.25) is 0 Å². The monoisotopic (exact) mass is 399 g/mol. The van der Waals surface area contributed by atoms with Crippen LogP contribution < -0.4 is 10.2 Å². The maximum Gasteiger partial charge on any atom is 0.292 e. The number of carbonyl (C=O) groups is 1. The van der Waals surface area contributed by atoms with Gasteiger partial charge in [0.1, 0.15) is 5.69 Å². The third-order valence-corrected chi connectivity index (χ3v) is 5.60. The summed E-state index contributed by atoms with van der Waals surface area (Å²) >= 11 is 0. The quantitative estimate of drug-likeness (QED) is 0.592. The highest BCUT2D eigenvalue weighted by atomic mass is 16.6. The minimum Gasteiger partial charge on any atom is -0.376 e. The third kappa shape index (κ3) is 4.56. The molecule has 1 aromatic heterocycles. The summed E-state index contributed by atoms with van der Waals surface area (Å²) in [7, 11) is 0. The van der Waals surface area contributed by atoms with Gasteiger partial charge in [-0.15, -0.1) is 0 Å². The number of hydrogen-bond acceptors (Lipinski definition) is 6. The zero-order chi connectivity index (χ0) is 20.2. The van der Waals surface area contributed by atoms with Gasteiger partial charge in [0.25, 0.3) is 5.69 Å². The SMILES string of the molecule is O=C(Nc1cnn(C[C@@H]2CCCO2)c1)C1CCN(c2ccccc2[N+](=O)[O-])CC1. The lowest BCUT2D eigenvalue weighted by Gasteiger charge is -2.32. The lowest BCUT2D eigenvalue weighted by atomic mass is 9.95. The van der Waals surface area contributed by atoms with Gasteiger partial charge < -0.3 is 15.0 Å². The van der Waals surface area contributed by atoms with Gasteiger partial charge in [0.2, 0.25) is 5.91 Å². The number of amides is 1. The number of nitrogens with one attached hydrogen (secondary N) is 1. The normalized spacial score (nSPS) is 20.0. The maximum absolute atomic E-state index is 12.6. The van der Waals surface area contributed by atoms with Crippen molar-refractivity contribution in [2.45, 2.75) is 38.3 Å². The number of anilines is 2. The van der Waals surface area contributed by atoms with E-state index in [1.165, 1.54) is 6.07 Å². The number of hydrogen-bond donors (Lipinski definition) is 1. The molecule has 1 amide bonds. The van der Waals surface area contributed by atoms with Crippen molar-refractivity contribution in [3.63, 3.8) is 0 Å². The first-order valence-electron chi connectivity index (χ1n) is 10.0. The molecule has 2 fully saturated rings. The van der Waals surface area contributed by atoms with E-state index in [1.54, 1.807) is 24.4 Å². The van der Waals surface area contributed by atoms with Gasteiger partial charge in [0.05, 0.1) is 29.5 Å². The number of ether oxygens (including phenoxy) is 1. The summed E-state index contributed by atoms with van der Waals surface area (Å²) in [6.45, 7) is 2.73. The van der Waals surface area contributed by atoms with Gasteiger partial charge in [-0.25, -0.2) is 0 Å². The molecule has 1 atom stereocenters. The molecule has 0 saturated carbocycles. The van der Waals surface area contributed by atoms with Crippen LogP contribution in [0.15, 0.2) is 36.7 Å². The molecule has 4 rings (SSSR count). The van der Waals surface area contributed by atoms with Crippen LogP contribution in [0.25, 0.3) is 0 Å². The molecule has 0 spiro atoms. The second kappa shape index (κ2) is 8.60. The van der Waals surface area contributed by atoms with Crippen molar-refractivity contribution in [1.29, 1.82) is 0 Å². The van der Waals surface area contributed by atoms with E-state index < -0.39 is 0 Å². The average Bonchev–Trinajstić information content (AvgIpc) is 3.40. The molecule has 154 valence electrons. The number of piperidine rings is 1. The van der Waals surface area contributed by atoms with Crippen LogP contribution in [0.5, 0.6) is 0 Å². The molecule has 2 aliphatic rings. The topological polar surface area (TPSA) is 103 Å². The maximum atomic E-state index is 12.6. The number of benzene rings is 1. The fourth-order valence-electron chi connectivity index (χ4n) is 4.04. The second-order valence-electron chi connectivity index (χ2n) is 7.58. The Morgan fingerprint density at radius 2 is 2.07 bits per heavy atom. The predicted molar refractivity (Wildman–Crippen MR) is 108 cm³/mol. The summed E-state index contributed by atoms with van der Waals surface area (Å²) in [4.78, 5) is 25.5. The average molecular weight is 399 g/mol. The van der Waals surface area contributed by atoms with E-state index in [4.69, 9.17) is 4.74 Å². The van der Waals surface area contributed by atoms with E-state index in [9.17, 15) is 14.9 Å². The number of carbonyl (C=O) groups excluding carboxylic acids is 1. The summed E-state index contributed by atoms with van der Waals surface area (Å²) in [5, 5.41) is 18.5. The molecule has 1 aromatic carbocycles. The molecule has 0 unspecified atom stereocenters. The largest absolute Gasteiger partial charge is 0.376 e. The summed E-state index contributed by atoms with van der Waals surface area (Å²) in [5.41, 5.74) is 1.41. The standard InChI is InChI=1S/C20H25N5O4/c26-20(22-16-12-21-24(13-16)14-17-4-3-11-29-17)15-7-9-23(10-8-15)18-5-1-2-6-19(18)25(27)28/h1-2,5-6,12-13,15,17H,3-4,7-11,14H2,(H,22,26)/t17-/m0/s1. The molecule has 0 aliphatic carbocycles. The summed E-state index contributed by atoms with van der Waals surface area (Å²) in [6, 6.07) is 6.75. The lowest BCUT2D eigenvalue weighted by Crippen LogP contribution is -2.38. The Balaban J connectivity index is 1.30. The van der Waals surface area contributed by atoms with Crippen molar-refractivity contribution < 1.29 is 14.5 Å². The number of para-hydroxylation sites is 2. The number of aromatic nitrogens is 2. The van der Waals surface area contributed by atoms with Gasteiger partial charge in [-0.1, -0.05) is 12.1 Å². The molecule has 0 bridgehead atoms. The molecule has 3 heterocycles. The number of nitrogens with zero attached hydrogens (tertiary/aromatic N) is 4. The van der Waals surface area contributed by atoms with Crippen molar-refractivity contribution in [3.8, 4) is 0 Å². The van der Waals surface area contributed by atoms with Gasteiger partial charge >= 0.3 is 0 Å². The number of nitro benzene ring substituents is 1. The van der Waals surface area contributed by atoms with Gasteiger partial charge in [0.15, 0.2) is 0 Å². The van der Waals surface area contributed by atoms with Crippen LogP contribution in [-0.2, 0) is 16.1 Å². The number of rotatable bonds is 6. The van der Waals surface area contributed by atoms with Crippen LogP contribution >= 0.6 is 0 Å². The van der Waals surface area contributed by atoms with E-state index in [1.807, 2.05) is 15.8 Å². The molecule has 2 saturated heterocycles. The van der Waals surface area contributed by atoms with Crippen LogP contribution in [-0.4, -0.2) is 46.4 Å². The Morgan fingerprint density at radius 1 is 1.28 bits per heavy atom. The van der Waals surface area contributed by atoms with Crippen molar-refractivity contribution in [2.75, 3.05) is 29.9 Å². The van der Waals surface area contributed by atoms with Gasteiger partial charge in [-0.2, -0.15) is 5.10 Å². The third-order valence-electron chi connectivity index (χ3n) is 5.60. The molecular formula is C20H25N5O4. The molecule has 1 N–H and O–H groups in total. The summed E-state index contributed by atoms with van der Waals surface area (Å²) in [5.74, 6) is -0.139. The smallest absolute Gasteiger partial charge is 0.292 e. The second-order valence-corrected chi connectivity index (χ2v) is 7.58. The van der Waals surface area contributed by atoms with Crippen molar-refractivity contribution in [3.05, 3.63) is 46.8 Å². The summed E-state index contributed by atoms with van der Waals surface area (Å²) < 4.78 is 7.43. The van der Waals surface area contributed by atoms with E-state index in [-0.39, 0.29) is 28.5 Å². The van der Waals surface area contributed by atoms with Crippen molar-refractivity contribution in [2.24, 2.45) is 5.92 Å². The predicted octanol–water partition coefficient (Wildman–Crippen LogP) is 2.83. The molecule has 9 heteroatoms. The highest BCUT2D eigenvalue weighted by molar-refractivity contribution is 5.92. The first kappa shape index (κ1) is 19.4. The molecule has 29 heavy (non-hydrogen) atoms. The lowest BCUT2D eigenvalue weighted by molar-refractivity contribution is -0.384.